The summed E-state index contributed by atoms with van der Waals surface area (Å²) in [7, 11) is 0. The van der Waals surface area contributed by atoms with Crippen molar-refractivity contribution in [3.8, 4) is 0 Å². The van der Waals surface area contributed by atoms with Crippen LogP contribution in [-0.2, 0) is 9.59 Å². The fourth-order valence-corrected chi connectivity index (χ4v) is 2.13. The van der Waals surface area contributed by atoms with Crippen molar-refractivity contribution in [3.63, 3.8) is 0 Å². The van der Waals surface area contributed by atoms with Crippen LogP contribution in [0.1, 0.15) is 0 Å². The molecule has 0 aliphatic carbocycles. The third kappa shape index (κ3) is 2.91. The molecule has 2 amide bonds. The van der Waals surface area contributed by atoms with E-state index < -0.39 is 11.8 Å². The smallest absolute Gasteiger partial charge is 0.314 e. The van der Waals surface area contributed by atoms with Crippen molar-refractivity contribution in [2.45, 2.75) is 0 Å². The van der Waals surface area contributed by atoms with Crippen LogP contribution in [0.4, 0.5) is 11.4 Å². The number of benzene rings is 2. The van der Waals surface area contributed by atoms with Gasteiger partial charge in [0.25, 0.3) is 0 Å². The molecule has 0 bridgehead atoms. The maximum atomic E-state index is 11.9. The van der Waals surface area contributed by atoms with Gasteiger partial charge in [-0.3, -0.25) is 14.7 Å². The Morgan fingerprint density at radius 1 is 1.05 bits per heavy atom. The van der Waals surface area contributed by atoms with E-state index in [4.69, 9.17) is 11.6 Å². The summed E-state index contributed by atoms with van der Waals surface area (Å²) in [6, 6.07) is 11.9. The molecular formula is C15H11ClN4O2. The van der Waals surface area contributed by atoms with Gasteiger partial charge < -0.3 is 10.6 Å². The van der Waals surface area contributed by atoms with Gasteiger partial charge >= 0.3 is 11.8 Å². The molecule has 22 heavy (non-hydrogen) atoms. The van der Waals surface area contributed by atoms with Gasteiger partial charge in [0.2, 0.25) is 0 Å². The Kier molecular flexibility index (Phi) is 3.76. The number of carbonyl (C=O) groups excluding carboxylic acids is 2. The molecule has 3 N–H and O–H groups in total. The summed E-state index contributed by atoms with van der Waals surface area (Å²) in [5, 5.41) is 12.9. The number of rotatable bonds is 2. The third-order valence-electron chi connectivity index (χ3n) is 3.03. The monoisotopic (exact) mass is 314 g/mol. The predicted octanol–water partition coefficient (Wildman–Crippen LogP) is 2.79. The molecule has 2 aromatic carbocycles. The van der Waals surface area contributed by atoms with Crippen molar-refractivity contribution in [1.82, 2.24) is 10.2 Å². The fraction of sp³-hybridized carbons (Fsp3) is 0. The first kappa shape index (κ1) is 14.1. The van der Waals surface area contributed by atoms with Crippen LogP contribution < -0.4 is 10.6 Å². The Hall–Kier alpha value is -2.86. The van der Waals surface area contributed by atoms with E-state index >= 15 is 0 Å². The maximum Gasteiger partial charge on any atom is 0.314 e. The minimum Gasteiger partial charge on any atom is -0.318 e. The first-order valence-electron chi connectivity index (χ1n) is 6.43. The van der Waals surface area contributed by atoms with Gasteiger partial charge in [-0.1, -0.05) is 23.7 Å². The summed E-state index contributed by atoms with van der Waals surface area (Å²) in [5.74, 6) is -1.57. The molecule has 0 atom stereocenters. The van der Waals surface area contributed by atoms with E-state index in [1.165, 1.54) is 0 Å². The highest BCUT2D eigenvalue weighted by atomic mass is 35.5. The van der Waals surface area contributed by atoms with Crippen molar-refractivity contribution in [1.29, 1.82) is 0 Å². The SMILES string of the molecule is O=C(Nc1ccc2cn[nH]c2c1)C(=O)Nc1ccccc1Cl. The summed E-state index contributed by atoms with van der Waals surface area (Å²) >= 11 is 5.93. The van der Waals surface area contributed by atoms with E-state index in [0.717, 1.165) is 10.9 Å². The summed E-state index contributed by atoms with van der Waals surface area (Å²) in [6.45, 7) is 0. The maximum absolute atomic E-state index is 11.9. The molecule has 0 saturated carbocycles. The molecule has 1 aromatic heterocycles. The van der Waals surface area contributed by atoms with Crippen LogP contribution >= 0.6 is 11.6 Å². The lowest BCUT2D eigenvalue weighted by Gasteiger charge is -2.07. The van der Waals surface area contributed by atoms with Crippen LogP contribution in [0.3, 0.4) is 0 Å². The Morgan fingerprint density at radius 2 is 1.82 bits per heavy atom. The van der Waals surface area contributed by atoms with Crippen molar-refractivity contribution in [3.05, 3.63) is 53.7 Å². The normalized spacial score (nSPS) is 10.4. The van der Waals surface area contributed by atoms with Crippen molar-refractivity contribution < 1.29 is 9.59 Å². The van der Waals surface area contributed by atoms with Gasteiger partial charge in [0.05, 0.1) is 22.4 Å². The number of anilines is 2. The molecule has 0 fully saturated rings. The Morgan fingerprint density at radius 3 is 2.64 bits per heavy atom. The largest absolute Gasteiger partial charge is 0.318 e. The number of halogens is 1. The van der Waals surface area contributed by atoms with Crippen molar-refractivity contribution in [2.75, 3.05) is 10.6 Å². The van der Waals surface area contributed by atoms with Crippen LogP contribution in [0, 0.1) is 0 Å². The van der Waals surface area contributed by atoms with E-state index in [0.29, 0.717) is 16.4 Å². The van der Waals surface area contributed by atoms with Crippen molar-refractivity contribution >= 4 is 45.7 Å². The number of fused-ring (bicyclic) bond motifs is 1. The molecule has 0 radical (unpaired) electrons. The molecule has 0 unspecified atom stereocenters. The van der Waals surface area contributed by atoms with Crippen LogP contribution in [0.25, 0.3) is 10.9 Å². The lowest BCUT2D eigenvalue weighted by Crippen LogP contribution is -2.29. The summed E-state index contributed by atoms with van der Waals surface area (Å²) in [5.41, 5.74) is 1.65. The molecule has 3 rings (SSSR count). The van der Waals surface area contributed by atoms with E-state index in [-0.39, 0.29) is 0 Å². The minimum atomic E-state index is -0.794. The minimum absolute atomic E-state index is 0.363. The van der Waals surface area contributed by atoms with E-state index in [1.54, 1.807) is 48.7 Å². The number of aromatic amines is 1. The first-order valence-corrected chi connectivity index (χ1v) is 6.81. The van der Waals surface area contributed by atoms with Gasteiger partial charge in [0.15, 0.2) is 0 Å². The second-order valence-corrected chi connectivity index (χ2v) is 4.97. The number of H-pyrrole nitrogens is 1. The molecule has 0 spiro atoms. The van der Waals surface area contributed by atoms with Gasteiger partial charge in [0.1, 0.15) is 0 Å². The number of aromatic nitrogens is 2. The fourth-order valence-electron chi connectivity index (χ4n) is 1.94. The number of nitrogens with one attached hydrogen (secondary N) is 3. The number of nitrogens with zero attached hydrogens (tertiary/aromatic N) is 1. The molecule has 0 aliphatic rings. The van der Waals surface area contributed by atoms with E-state index in [2.05, 4.69) is 20.8 Å². The lowest BCUT2D eigenvalue weighted by atomic mass is 10.2. The van der Waals surface area contributed by atoms with Crippen molar-refractivity contribution in [2.24, 2.45) is 0 Å². The van der Waals surface area contributed by atoms with Gasteiger partial charge in [-0.15, -0.1) is 0 Å². The predicted molar refractivity (Wildman–Crippen MR) is 84.8 cm³/mol. The van der Waals surface area contributed by atoms with E-state index in [1.807, 2.05) is 0 Å². The molecule has 6 nitrogen and oxygen atoms in total. The summed E-state index contributed by atoms with van der Waals surface area (Å²) in [4.78, 5) is 23.8. The molecular weight excluding hydrogens is 304 g/mol. The highest BCUT2D eigenvalue weighted by molar-refractivity contribution is 6.44. The molecule has 0 saturated heterocycles. The van der Waals surface area contributed by atoms with Crippen LogP contribution in [-0.4, -0.2) is 22.0 Å². The molecule has 1 heterocycles. The Balaban J connectivity index is 1.70. The topological polar surface area (TPSA) is 86.9 Å². The van der Waals surface area contributed by atoms with Crippen LogP contribution in [0.5, 0.6) is 0 Å². The van der Waals surface area contributed by atoms with E-state index in [9.17, 15) is 9.59 Å². The molecule has 110 valence electrons. The second-order valence-electron chi connectivity index (χ2n) is 4.56. The highest BCUT2D eigenvalue weighted by Crippen LogP contribution is 2.20. The summed E-state index contributed by atoms with van der Waals surface area (Å²) in [6.07, 6.45) is 1.67. The quantitative estimate of drug-likeness (QED) is 0.636. The van der Waals surface area contributed by atoms with Crippen LogP contribution in [0.2, 0.25) is 5.02 Å². The van der Waals surface area contributed by atoms with Crippen LogP contribution in [0.15, 0.2) is 48.7 Å². The average Bonchev–Trinajstić information content (AvgIpc) is 2.97. The lowest BCUT2D eigenvalue weighted by molar-refractivity contribution is -0.132. The second kappa shape index (κ2) is 5.87. The zero-order chi connectivity index (χ0) is 15.5. The highest BCUT2D eigenvalue weighted by Gasteiger charge is 2.15. The third-order valence-corrected chi connectivity index (χ3v) is 3.36. The van der Waals surface area contributed by atoms with Gasteiger partial charge in [0, 0.05) is 11.1 Å². The first-order chi connectivity index (χ1) is 10.6. The summed E-state index contributed by atoms with van der Waals surface area (Å²) < 4.78 is 0. The molecule has 0 aliphatic heterocycles. The number of amides is 2. The standard InChI is InChI=1S/C15H11ClN4O2/c16-11-3-1-2-4-12(11)19-15(22)14(21)18-10-6-5-9-8-17-20-13(9)7-10/h1-8H,(H,17,20)(H,18,21)(H,19,22). The Labute approximate surface area is 130 Å². The average molecular weight is 315 g/mol. The van der Waals surface area contributed by atoms with Gasteiger partial charge in [-0.25, -0.2) is 0 Å². The number of hydrogen-bond acceptors (Lipinski definition) is 3. The molecule has 7 heteroatoms. The number of carbonyl (C=O) groups is 2. The number of para-hydroxylation sites is 1. The zero-order valence-corrected chi connectivity index (χ0v) is 12.0. The Bertz CT molecular complexity index is 859. The van der Waals surface area contributed by atoms with Gasteiger partial charge in [-0.2, -0.15) is 5.10 Å². The van der Waals surface area contributed by atoms with Gasteiger partial charge in [-0.05, 0) is 30.3 Å². The molecule has 3 aromatic rings. The zero-order valence-electron chi connectivity index (χ0n) is 11.3. The number of hydrogen-bond donors (Lipinski definition) is 3.